The van der Waals surface area contributed by atoms with Crippen LogP contribution in [0.1, 0.15) is 18.5 Å². The molecule has 0 fully saturated rings. The molecule has 1 atom stereocenters. The van der Waals surface area contributed by atoms with Crippen LogP contribution in [0.2, 0.25) is 0 Å². The van der Waals surface area contributed by atoms with E-state index in [9.17, 15) is 4.39 Å². The van der Waals surface area contributed by atoms with Crippen LogP contribution >= 0.6 is 15.9 Å². The van der Waals surface area contributed by atoms with E-state index in [1.165, 1.54) is 6.07 Å². The fourth-order valence-electron chi connectivity index (χ4n) is 1.55. The molecule has 4 heteroatoms. The van der Waals surface area contributed by atoms with Gasteiger partial charge in [-0.05, 0) is 34.5 Å². The van der Waals surface area contributed by atoms with Gasteiger partial charge in [-0.15, -0.1) is 0 Å². The maximum Gasteiger partial charge on any atom is 0.166 e. The number of aromatic nitrogens is 1. The van der Waals surface area contributed by atoms with Gasteiger partial charge in [0.05, 0.1) is 6.04 Å². The molecule has 1 N–H and O–H groups in total. The van der Waals surface area contributed by atoms with E-state index in [0.29, 0.717) is 4.47 Å². The van der Waals surface area contributed by atoms with Gasteiger partial charge in [0.15, 0.2) is 11.6 Å². The highest BCUT2D eigenvalue weighted by molar-refractivity contribution is 9.10. The molecule has 0 aliphatic heterocycles. The molecule has 1 aromatic heterocycles. The van der Waals surface area contributed by atoms with Gasteiger partial charge in [-0.2, -0.15) is 0 Å². The molecule has 1 unspecified atom stereocenters. The Hall–Kier alpha value is -1.42. The molecule has 0 radical (unpaired) electrons. The Balaban J connectivity index is 2.16. The number of hydrogen-bond acceptors (Lipinski definition) is 2. The second kappa shape index (κ2) is 5.27. The third kappa shape index (κ3) is 3.03. The number of benzene rings is 1. The van der Waals surface area contributed by atoms with Crippen LogP contribution in [0, 0.1) is 5.82 Å². The maximum atomic E-state index is 13.6. The number of halogens is 2. The Bertz CT molecular complexity index is 502. The Morgan fingerprint density at radius 1 is 1.29 bits per heavy atom. The molecule has 0 saturated carbocycles. The minimum atomic E-state index is -0.359. The Morgan fingerprint density at radius 2 is 2.00 bits per heavy atom. The largest absolute Gasteiger partial charge is 0.361 e. The summed E-state index contributed by atoms with van der Waals surface area (Å²) >= 11 is 3.18. The molecule has 0 aliphatic carbocycles. The predicted octanol–water partition coefficient (Wildman–Crippen LogP) is 4.16. The molecule has 0 aliphatic rings. The molecule has 17 heavy (non-hydrogen) atoms. The van der Waals surface area contributed by atoms with E-state index < -0.39 is 0 Å². The lowest BCUT2D eigenvalue weighted by Crippen LogP contribution is -2.09. The topological polar surface area (TPSA) is 24.9 Å². The van der Waals surface area contributed by atoms with Crippen LogP contribution in [-0.2, 0) is 0 Å². The molecule has 0 bridgehead atoms. The third-order valence-electron chi connectivity index (χ3n) is 2.46. The van der Waals surface area contributed by atoms with Gasteiger partial charge in [-0.3, -0.25) is 0 Å². The molecule has 0 spiro atoms. The first-order chi connectivity index (χ1) is 8.16. The maximum absolute atomic E-state index is 13.6. The van der Waals surface area contributed by atoms with Crippen molar-refractivity contribution in [2.75, 3.05) is 5.32 Å². The third-order valence-corrected chi connectivity index (χ3v) is 2.89. The van der Waals surface area contributed by atoms with Crippen molar-refractivity contribution in [3.63, 3.8) is 0 Å². The highest BCUT2D eigenvalue weighted by Gasteiger charge is 2.09. The SMILES string of the molecule is CC(Nc1ncc(Br)cc1F)c1ccccc1. The Labute approximate surface area is 108 Å². The molecule has 2 rings (SSSR count). The molecule has 0 amide bonds. The first-order valence-corrected chi connectivity index (χ1v) is 6.08. The molecule has 2 aromatic rings. The van der Waals surface area contributed by atoms with Gasteiger partial charge < -0.3 is 5.32 Å². The van der Waals surface area contributed by atoms with Crippen molar-refractivity contribution >= 4 is 21.7 Å². The van der Waals surface area contributed by atoms with Crippen LogP contribution in [0.15, 0.2) is 47.1 Å². The average Bonchev–Trinajstić information content (AvgIpc) is 2.34. The van der Waals surface area contributed by atoms with E-state index in [-0.39, 0.29) is 17.7 Å². The highest BCUT2D eigenvalue weighted by Crippen LogP contribution is 2.21. The van der Waals surface area contributed by atoms with Crippen molar-refractivity contribution < 1.29 is 4.39 Å². The highest BCUT2D eigenvalue weighted by atomic mass is 79.9. The van der Waals surface area contributed by atoms with E-state index in [2.05, 4.69) is 26.2 Å². The second-order valence-electron chi connectivity index (χ2n) is 3.76. The molecule has 1 heterocycles. The first-order valence-electron chi connectivity index (χ1n) is 5.29. The first kappa shape index (κ1) is 12.0. The van der Waals surface area contributed by atoms with E-state index >= 15 is 0 Å². The van der Waals surface area contributed by atoms with Crippen LogP contribution in [0.3, 0.4) is 0 Å². The lowest BCUT2D eigenvalue weighted by Gasteiger charge is -2.15. The normalized spacial score (nSPS) is 12.2. The van der Waals surface area contributed by atoms with Crippen molar-refractivity contribution in [2.45, 2.75) is 13.0 Å². The van der Waals surface area contributed by atoms with E-state index in [1.54, 1.807) is 6.20 Å². The van der Waals surface area contributed by atoms with Crippen LogP contribution in [0.25, 0.3) is 0 Å². The summed E-state index contributed by atoms with van der Waals surface area (Å²) in [7, 11) is 0. The van der Waals surface area contributed by atoms with Gasteiger partial charge in [0, 0.05) is 10.7 Å². The van der Waals surface area contributed by atoms with Crippen LogP contribution in [0.5, 0.6) is 0 Å². The van der Waals surface area contributed by atoms with Gasteiger partial charge in [0.2, 0.25) is 0 Å². The van der Waals surface area contributed by atoms with Gasteiger partial charge in [0.25, 0.3) is 0 Å². The molecular formula is C13H12BrFN2. The molecule has 0 saturated heterocycles. The van der Waals surface area contributed by atoms with Gasteiger partial charge in [-0.1, -0.05) is 30.3 Å². The van der Waals surface area contributed by atoms with Crippen molar-refractivity contribution in [2.24, 2.45) is 0 Å². The zero-order chi connectivity index (χ0) is 12.3. The summed E-state index contributed by atoms with van der Waals surface area (Å²) < 4.78 is 14.2. The predicted molar refractivity (Wildman–Crippen MR) is 70.4 cm³/mol. The average molecular weight is 295 g/mol. The Kier molecular flexibility index (Phi) is 3.74. The lowest BCUT2D eigenvalue weighted by molar-refractivity contribution is 0.620. The summed E-state index contributed by atoms with van der Waals surface area (Å²) in [6, 6.07) is 11.3. The van der Waals surface area contributed by atoms with Crippen molar-refractivity contribution in [1.29, 1.82) is 0 Å². The summed E-state index contributed by atoms with van der Waals surface area (Å²) in [6.07, 6.45) is 1.57. The summed E-state index contributed by atoms with van der Waals surface area (Å²) in [6.45, 7) is 1.97. The number of hydrogen-bond donors (Lipinski definition) is 1. The van der Waals surface area contributed by atoms with Crippen molar-refractivity contribution in [3.05, 3.63) is 58.4 Å². The number of pyridine rings is 1. The second-order valence-corrected chi connectivity index (χ2v) is 4.68. The summed E-state index contributed by atoms with van der Waals surface area (Å²) in [5.41, 5.74) is 1.09. The van der Waals surface area contributed by atoms with Crippen LogP contribution in [-0.4, -0.2) is 4.98 Å². The van der Waals surface area contributed by atoms with Crippen LogP contribution < -0.4 is 5.32 Å². The van der Waals surface area contributed by atoms with E-state index in [0.717, 1.165) is 5.56 Å². The Morgan fingerprint density at radius 3 is 2.65 bits per heavy atom. The number of rotatable bonds is 3. The van der Waals surface area contributed by atoms with E-state index in [1.807, 2.05) is 37.3 Å². The molecule has 2 nitrogen and oxygen atoms in total. The number of nitrogens with zero attached hydrogens (tertiary/aromatic N) is 1. The zero-order valence-electron chi connectivity index (χ0n) is 9.32. The van der Waals surface area contributed by atoms with Gasteiger partial charge in [-0.25, -0.2) is 9.37 Å². The molecular weight excluding hydrogens is 283 g/mol. The molecule has 88 valence electrons. The monoisotopic (exact) mass is 294 g/mol. The smallest absolute Gasteiger partial charge is 0.166 e. The van der Waals surface area contributed by atoms with Gasteiger partial charge in [0.1, 0.15) is 0 Å². The minimum absolute atomic E-state index is 0.0133. The van der Waals surface area contributed by atoms with Crippen LogP contribution in [0.4, 0.5) is 10.2 Å². The fraction of sp³-hybridized carbons (Fsp3) is 0.154. The lowest BCUT2D eigenvalue weighted by atomic mass is 10.1. The fourth-order valence-corrected chi connectivity index (χ4v) is 1.85. The standard InChI is InChI=1S/C13H12BrFN2/c1-9(10-5-3-2-4-6-10)17-13-12(15)7-11(14)8-16-13/h2-9H,1H3,(H,16,17). The molecule has 1 aromatic carbocycles. The zero-order valence-corrected chi connectivity index (χ0v) is 10.9. The summed E-state index contributed by atoms with van der Waals surface area (Å²) in [4.78, 5) is 4.01. The van der Waals surface area contributed by atoms with Gasteiger partial charge >= 0.3 is 0 Å². The quantitative estimate of drug-likeness (QED) is 0.919. The van der Waals surface area contributed by atoms with E-state index in [4.69, 9.17) is 0 Å². The number of nitrogens with one attached hydrogen (secondary N) is 1. The number of anilines is 1. The summed E-state index contributed by atoms with van der Waals surface area (Å²) in [5, 5.41) is 3.05. The van der Waals surface area contributed by atoms with Crippen molar-refractivity contribution in [3.8, 4) is 0 Å². The summed E-state index contributed by atoms with van der Waals surface area (Å²) in [5.74, 6) is -0.0910. The minimum Gasteiger partial charge on any atom is -0.361 e. The van der Waals surface area contributed by atoms with Crippen molar-refractivity contribution in [1.82, 2.24) is 4.98 Å².